The van der Waals surface area contributed by atoms with Crippen LogP contribution in [0, 0.1) is 0 Å². The molecule has 24 heavy (non-hydrogen) atoms. The summed E-state index contributed by atoms with van der Waals surface area (Å²) >= 11 is 0. The van der Waals surface area contributed by atoms with Crippen molar-refractivity contribution in [1.29, 1.82) is 0 Å². The minimum Gasteiger partial charge on any atom is -0.385 e. The van der Waals surface area contributed by atoms with E-state index >= 15 is 0 Å². The molecule has 0 spiro atoms. The molecule has 2 heteroatoms. The molecule has 0 saturated heterocycles. The Morgan fingerprint density at radius 3 is 1.88 bits per heavy atom. The van der Waals surface area contributed by atoms with Crippen molar-refractivity contribution in [1.82, 2.24) is 0 Å². The average Bonchev–Trinajstić information content (AvgIpc) is 2.60. The summed E-state index contributed by atoms with van der Waals surface area (Å²) in [7, 11) is 0. The first-order valence-corrected chi connectivity index (χ1v) is 9.98. The standard InChI is InChI=1S/C22H36O2/c1-2-3-4-5-6-7-8-9-10-11-15-18-21(23)22(24)19-20-16-13-12-14-17-20/h12-14,16-17,21,23H,2-11,15,18-19H2,1H3. The van der Waals surface area contributed by atoms with E-state index in [1.54, 1.807) is 0 Å². The van der Waals surface area contributed by atoms with Crippen LogP contribution in [-0.4, -0.2) is 17.0 Å². The van der Waals surface area contributed by atoms with E-state index in [-0.39, 0.29) is 5.78 Å². The van der Waals surface area contributed by atoms with Crippen LogP contribution < -0.4 is 0 Å². The van der Waals surface area contributed by atoms with Crippen molar-refractivity contribution in [3.63, 3.8) is 0 Å². The number of carbonyl (C=O) groups excluding carboxylic acids is 1. The lowest BCUT2D eigenvalue weighted by Gasteiger charge is -2.09. The number of rotatable bonds is 15. The number of hydrogen-bond acceptors (Lipinski definition) is 2. The first kappa shape index (κ1) is 20.9. The number of ketones is 1. The maximum absolute atomic E-state index is 12.0. The molecule has 0 bridgehead atoms. The second-order valence-electron chi connectivity index (χ2n) is 6.97. The van der Waals surface area contributed by atoms with E-state index in [0.717, 1.165) is 18.4 Å². The van der Waals surface area contributed by atoms with Crippen molar-refractivity contribution in [2.45, 2.75) is 96.5 Å². The van der Waals surface area contributed by atoms with Crippen LogP contribution in [0.25, 0.3) is 0 Å². The molecule has 1 aromatic carbocycles. The third kappa shape index (κ3) is 10.6. The topological polar surface area (TPSA) is 37.3 Å². The van der Waals surface area contributed by atoms with Crippen LogP contribution in [-0.2, 0) is 11.2 Å². The number of aliphatic hydroxyl groups excluding tert-OH is 1. The van der Waals surface area contributed by atoms with Crippen molar-refractivity contribution >= 4 is 5.78 Å². The molecule has 0 radical (unpaired) electrons. The smallest absolute Gasteiger partial charge is 0.165 e. The first-order valence-electron chi connectivity index (χ1n) is 9.98. The number of Topliss-reactive ketones (excluding diaryl/α,β-unsaturated/α-hetero) is 1. The predicted octanol–water partition coefficient (Wildman–Crippen LogP) is 5.86. The number of hydrogen-bond donors (Lipinski definition) is 1. The van der Waals surface area contributed by atoms with Crippen LogP contribution >= 0.6 is 0 Å². The zero-order valence-electron chi connectivity index (χ0n) is 15.5. The summed E-state index contributed by atoms with van der Waals surface area (Å²) < 4.78 is 0. The Balaban J connectivity index is 1.94. The third-order valence-electron chi connectivity index (χ3n) is 4.67. The average molecular weight is 333 g/mol. The van der Waals surface area contributed by atoms with Gasteiger partial charge in [0, 0.05) is 6.42 Å². The highest BCUT2D eigenvalue weighted by atomic mass is 16.3. The summed E-state index contributed by atoms with van der Waals surface area (Å²) in [6, 6.07) is 9.67. The molecule has 0 aromatic heterocycles. The summed E-state index contributed by atoms with van der Waals surface area (Å²) in [5.41, 5.74) is 0.987. The molecule has 0 aliphatic heterocycles. The van der Waals surface area contributed by atoms with Crippen LogP contribution in [0.2, 0.25) is 0 Å². The zero-order valence-corrected chi connectivity index (χ0v) is 15.5. The van der Waals surface area contributed by atoms with Gasteiger partial charge in [0.05, 0.1) is 0 Å². The molecule has 1 unspecified atom stereocenters. The molecule has 0 aliphatic rings. The summed E-state index contributed by atoms with van der Waals surface area (Å²) in [5, 5.41) is 9.97. The van der Waals surface area contributed by atoms with Crippen molar-refractivity contribution in [2.24, 2.45) is 0 Å². The fourth-order valence-corrected chi connectivity index (χ4v) is 3.08. The lowest BCUT2D eigenvalue weighted by molar-refractivity contribution is -0.126. The molecular weight excluding hydrogens is 296 g/mol. The van der Waals surface area contributed by atoms with Crippen LogP contribution in [0.4, 0.5) is 0 Å². The van der Waals surface area contributed by atoms with E-state index in [4.69, 9.17) is 0 Å². The van der Waals surface area contributed by atoms with Crippen molar-refractivity contribution in [2.75, 3.05) is 0 Å². The van der Waals surface area contributed by atoms with Gasteiger partial charge in [0.2, 0.25) is 0 Å². The number of unbranched alkanes of at least 4 members (excludes halogenated alkanes) is 10. The Kier molecular flexibility index (Phi) is 12.4. The second-order valence-corrected chi connectivity index (χ2v) is 6.97. The molecule has 1 N–H and O–H groups in total. The van der Waals surface area contributed by atoms with Crippen molar-refractivity contribution in [3.8, 4) is 0 Å². The number of aliphatic hydroxyl groups is 1. The monoisotopic (exact) mass is 332 g/mol. The lowest BCUT2D eigenvalue weighted by Crippen LogP contribution is -2.22. The van der Waals surface area contributed by atoms with Crippen LogP contribution in [0.15, 0.2) is 30.3 Å². The fourth-order valence-electron chi connectivity index (χ4n) is 3.08. The first-order chi connectivity index (χ1) is 11.7. The maximum Gasteiger partial charge on any atom is 0.165 e. The van der Waals surface area contributed by atoms with Gasteiger partial charge in [0.25, 0.3) is 0 Å². The van der Waals surface area contributed by atoms with Crippen molar-refractivity contribution < 1.29 is 9.90 Å². The SMILES string of the molecule is CCCCCCCCCCCCCC(O)C(=O)Cc1ccccc1. The maximum atomic E-state index is 12.0. The molecule has 0 fully saturated rings. The minimum atomic E-state index is -0.788. The van der Waals surface area contributed by atoms with Gasteiger partial charge in [-0.1, -0.05) is 108 Å². The molecular formula is C22H36O2. The van der Waals surface area contributed by atoms with Crippen LogP contribution in [0.3, 0.4) is 0 Å². The third-order valence-corrected chi connectivity index (χ3v) is 4.67. The summed E-state index contributed by atoms with van der Waals surface area (Å²) in [6.45, 7) is 2.26. The quantitative estimate of drug-likeness (QED) is 0.408. The zero-order chi connectivity index (χ0) is 17.5. The van der Waals surface area contributed by atoms with Crippen LogP contribution in [0.5, 0.6) is 0 Å². The molecule has 1 aromatic rings. The highest BCUT2D eigenvalue weighted by Gasteiger charge is 2.14. The Hall–Kier alpha value is -1.15. The van der Waals surface area contributed by atoms with Crippen LogP contribution in [0.1, 0.15) is 89.5 Å². The van der Waals surface area contributed by atoms with E-state index in [2.05, 4.69) is 6.92 Å². The molecule has 0 amide bonds. The molecule has 0 aliphatic carbocycles. The molecule has 1 atom stereocenters. The van der Waals surface area contributed by atoms with E-state index in [1.807, 2.05) is 30.3 Å². The van der Waals surface area contributed by atoms with Gasteiger partial charge in [0.15, 0.2) is 5.78 Å². The van der Waals surface area contributed by atoms with E-state index < -0.39 is 6.10 Å². The van der Waals surface area contributed by atoms with Gasteiger partial charge in [-0.2, -0.15) is 0 Å². The number of carbonyl (C=O) groups is 1. The molecule has 1 rings (SSSR count). The van der Waals surface area contributed by atoms with Gasteiger partial charge in [-0.25, -0.2) is 0 Å². The summed E-state index contributed by atoms with van der Waals surface area (Å²) in [4.78, 5) is 12.0. The Labute approximate surface area is 148 Å². The van der Waals surface area contributed by atoms with Crippen molar-refractivity contribution in [3.05, 3.63) is 35.9 Å². The fraction of sp³-hybridized carbons (Fsp3) is 0.682. The van der Waals surface area contributed by atoms with Gasteiger partial charge in [0.1, 0.15) is 6.10 Å². The van der Waals surface area contributed by atoms with Gasteiger partial charge in [-0.05, 0) is 12.0 Å². The molecule has 0 heterocycles. The van der Waals surface area contributed by atoms with Gasteiger partial charge in [-0.15, -0.1) is 0 Å². The largest absolute Gasteiger partial charge is 0.385 e. The Morgan fingerprint density at radius 2 is 1.33 bits per heavy atom. The van der Waals surface area contributed by atoms with E-state index in [1.165, 1.54) is 57.8 Å². The number of benzene rings is 1. The van der Waals surface area contributed by atoms with Gasteiger partial charge in [-0.3, -0.25) is 4.79 Å². The normalized spacial score (nSPS) is 12.2. The summed E-state index contributed by atoms with van der Waals surface area (Å²) in [5.74, 6) is -0.0479. The Morgan fingerprint density at radius 1 is 0.833 bits per heavy atom. The molecule has 0 saturated carbocycles. The molecule has 136 valence electrons. The Bertz CT molecular complexity index is 413. The second kappa shape index (κ2) is 14.2. The lowest BCUT2D eigenvalue weighted by atomic mass is 10.0. The van der Waals surface area contributed by atoms with E-state index in [0.29, 0.717) is 12.8 Å². The van der Waals surface area contributed by atoms with Gasteiger partial charge >= 0.3 is 0 Å². The minimum absolute atomic E-state index is 0.0479. The highest BCUT2D eigenvalue weighted by Crippen LogP contribution is 2.13. The highest BCUT2D eigenvalue weighted by molar-refractivity contribution is 5.84. The van der Waals surface area contributed by atoms with Gasteiger partial charge < -0.3 is 5.11 Å². The summed E-state index contributed by atoms with van der Waals surface area (Å²) in [6.07, 6.45) is 14.3. The molecule has 2 nitrogen and oxygen atoms in total. The van der Waals surface area contributed by atoms with E-state index in [9.17, 15) is 9.90 Å². The predicted molar refractivity (Wildman–Crippen MR) is 102 cm³/mol.